The Morgan fingerprint density at radius 2 is 1.54 bits per heavy atom. The van der Waals surface area contributed by atoms with Gasteiger partial charge in [0, 0.05) is 12.1 Å². The normalized spacial score (nSPS) is 11.5. The summed E-state index contributed by atoms with van der Waals surface area (Å²) >= 11 is 0. The number of carbonyl (C=O) groups excluding carboxylic acids is 1. The van der Waals surface area contributed by atoms with E-state index in [0.29, 0.717) is 29.5 Å². The third-order valence-corrected chi connectivity index (χ3v) is 5.79. The molecule has 0 aliphatic heterocycles. The van der Waals surface area contributed by atoms with Crippen LogP contribution in [-0.4, -0.2) is 47.4 Å². The molecular weight excluding hydrogens is 448 g/mol. The van der Waals surface area contributed by atoms with Crippen molar-refractivity contribution >= 4 is 11.6 Å². The predicted octanol–water partition coefficient (Wildman–Crippen LogP) is 4.87. The maximum absolute atomic E-state index is 12.9. The number of nitrogens with one attached hydrogen (secondary N) is 1. The average molecular weight is 487 g/mol. The Hall–Kier alpha value is -3.35. The second-order valence-electron chi connectivity index (χ2n) is 8.38. The van der Waals surface area contributed by atoms with Gasteiger partial charge >= 0.3 is 0 Å². The van der Waals surface area contributed by atoms with E-state index in [1.54, 1.807) is 12.1 Å². The highest BCUT2D eigenvalue weighted by atomic mass is 16.5. The molecule has 1 amide bonds. The number of anilines is 1. The fourth-order valence-electron chi connectivity index (χ4n) is 3.76. The van der Waals surface area contributed by atoms with Crippen LogP contribution in [0.15, 0.2) is 12.1 Å². The van der Waals surface area contributed by atoms with Crippen LogP contribution in [0.25, 0.3) is 0 Å². The lowest BCUT2D eigenvalue weighted by molar-refractivity contribution is -0.116. The molecule has 0 fully saturated rings. The number of methoxy groups -OCH3 is 3. The third-order valence-electron chi connectivity index (χ3n) is 5.79. The maximum Gasteiger partial charge on any atom is 0.249 e. The van der Waals surface area contributed by atoms with Crippen molar-refractivity contribution in [3.05, 3.63) is 18.0 Å². The Balaban J connectivity index is 1.87. The van der Waals surface area contributed by atoms with Gasteiger partial charge in [-0.3, -0.25) is 4.79 Å². The summed E-state index contributed by atoms with van der Waals surface area (Å²) in [4.78, 5) is 14.3. The molecule has 2 rings (SSSR count). The summed E-state index contributed by atoms with van der Waals surface area (Å²) in [6, 6.07) is 5.18. The van der Waals surface area contributed by atoms with E-state index < -0.39 is 11.8 Å². The molecule has 0 aliphatic rings. The van der Waals surface area contributed by atoms with Crippen molar-refractivity contribution in [2.75, 3.05) is 26.6 Å². The molecule has 0 saturated carbocycles. The summed E-state index contributed by atoms with van der Waals surface area (Å²) in [5, 5.41) is 24.5. The fraction of sp³-hybridized carbons (Fsp3) is 0.640. The lowest BCUT2D eigenvalue weighted by Gasteiger charge is -2.16. The summed E-state index contributed by atoms with van der Waals surface area (Å²) in [7, 11) is 4.45. The van der Waals surface area contributed by atoms with Crippen LogP contribution in [0.1, 0.15) is 82.9 Å². The Labute approximate surface area is 207 Å². The van der Waals surface area contributed by atoms with Crippen molar-refractivity contribution in [2.24, 2.45) is 0 Å². The number of hydrogen-bond donors (Lipinski definition) is 1. The molecule has 1 heterocycles. The van der Waals surface area contributed by atoms with Gasteiger partial charge in [-0.2, -0.15) is 10.1 Å². The minimum absolute atomic E-state index is 0.0588. The van der Waals surface area contributed by atoms with Gasteiger partial charge in [-0.15, -0.1) is 10.2 Å². The van der Waals surface area contributed by atoms with E-state index in [2.05, 4.69) is 27.7 Å². The average Bonchev–Trinajstić information content (AvgIpc) is 3.33. The first-order chi connectivity index (χ1) is 17.1. The second-order valence-corrected chi connectivity index (χ2v) is 8.38. The highest BCUT2D eigenvalue weighted by Crippen LogP contribution is 2.39. The second kappa shape index (κ2) is 15.5. The van der Waals surface area contributed by atoms with E-state index in [1.165, 1.54) is 77.5 Å². The lowest BCUT2D eigenvalue weighted by Crippen LogP contribution is -2.22. The first-order valence-electron chi connectivity index (χ1n) is 12.4. The monoisotopic (exact) mass is 486 g/mol. The van der Waals surface area contributed by atoms with Crippen LogP contribution in [0.5, 0.6) is 17.2 Å². The molecule has 0 saturated heterocycles. The molecule has 0 spiro atoms. The van der Waals surface area contributed by atoms with Gasteiger partial charge < -0.3 is 19.5 Å². The summed E-state index contributed by atoms with van der Waals surface area (Å²) in [6.07, 6.45) is 12.4. The summed E-state index contributed by atoms with van der Waals surface area (Å²) in [5.41, 5.74) is 0.291. The maximum atomic E-state index is 12.9. The van der Waals surface area contributed by atoms with Gasteiger partial charge in [-0.25, -0.2) is 0 Å². The van der Waals surface area contributed by atoms with Crippen molar-refractivity contribution in [3.63, 3.8) is 0 Å². The van der Waals surface area contributed by atoms with Crippen LogP contribution in [0.4, 0.5) is 5.69 Å². The fourth-order valence-corrected chi connectivity index (χ4v) is 3.76. The van der Waals surface area contributed by atoms with Gasteiger partial charge in [0.25, 0.3) is 0 Å². The summed E-state index contributed by atoms with van der Waals surface area (Å²) < 4.78 is 15.9. The Morgan fingerprint density at radius 3 is 2.06 bits per heavy atom. The van der Waals surface area contributed by atoms with Crippen LogP contribution in [0.2, 0.25) is 0 Å². The molecule has 1 aromatic heterocycles. The smallest absolute Gasteiger partial charge is 0.249 e. The van der Waals surface area contributed by atoms with Gasteiger partial charge in [-0.1, -0.05) is 64.7 Å². The van der Waals surface area contributed by atoms with Gasteiger partial charge in [0.2, 0.25) is 11.7 Å². The molecule has 0 radical (unpaired) electrons. The number of benzene rings is 1. The SMILES string of the molecule is CCCCCCCCCCCCn1nnc([C@@H](C#N)C(=O)Nc2c(OC)cc(OC)cc2OC)n1. The molecule has 192 valence electrons. The number of hydrogen-bond acceptors (Lipinski definition) is 8. The molecule has 2 aromatic rings. The molecule has 1 aromatic carbocycles. The van der Waals surface area contributed by atoms with E-state index >= 15 is 0 Å². The Morgan fingerprint density at radius 1 is 0.971 bits per heavy atom. The van der Waals surface area contributed by atoms with Gasteiger partial charge in [-0.05, 0) is 11.6 Å². The third kappa shape index (κ3) is 8.74. The zero-order valence-electron chi connectivity index (χ0n) is 21.4. The van der Waals surface area contributed by atoms with Crippen LogP contribution >= 0.6 is 0 Å². The highest BCUT2D eigenvalue weighted by Gasteiger charge is 2.27. The number of ether oxygens (including phenoxy) is 3. The topological polar surface area (TPSA) is 124 Å². The van der Waals surface area contributed by atoms with Gasteiger partial charge in [0.15, 0.2) is 5.92 Å². The quantitative estimate of drug-likeness (QED) is 0.314. The van der Waals surface area contributed by atoms with Crippen LogP contribution < -0.4 is 19.5 Å². The number of unbranched alkanes of at least 4 members (excludes halogenated alkanes) is 9. The lowest BCUT2D eigenvalue weighted by atomic mass is 10.1. The number of tetrazole rings is 1. The molecule has 1 N–H and O–H groups in total. The molecule has 0 unspecified atom stereocenters. The Kier molecular flexibility index (Phi) is 12.4. The first-order valence-corrected chi connectivity index (χ1v) is 12.4. The van der Waals surface area contributed by atoms with Crippen LogP contribution in [-0.2, 0) is 11.3 Å². The molecule has 10 heteroatoms. The first kappa shape index (κ1) is 27.9. The van der Waals surface area contributed by atoms with Crippen molar-refractivity contribution < 1.29 is 19.0 Å². The van der Waals surface area contributed by atoms with E-state index in [-0.39, 0.29) is 5.82 Å². The molecule has 0 aliphatic carbocycles. The van der Waals surface area contributed by atoms with E-state index in [9.17, 15) is 10.1 Å². The van der Waals surface area contributed by atoms with Crippen molar-refractivity contribution in [1.82, 2.24) is 20.2 Å². The minimum Gasteiger partial charge on any atom is -0.496 e. The van der Waals surface area contributed by atoms with Crippen molar-refractivity contribution in [2.45, 2.75) is 83.6 Å². The number of amides is 1. The standard InChI is InChI=1S/C25H38N6O4/c1-5-6-7-8-9-10-11-12-13-14-15-31-29-24(28-30-31)20(18-26)25(32)27-23-21(34-3)16-19(33-2)17-22(23)35-4/h16-17,20H,5-15H2,1-4H3,(H,27,32)/t20-/m1/s1. The number of aryl methyl sites for hydroxylation is 1. The van der Waals surface area contributed by atoms with Gasteiger partial charge in [0.1, 0.15) is 22.9 Å². The number of nitriles is 1. The number of aromatic nitrogens is 4. The zero-order valence-corrected chi connectivity index (χ0v) is 21.4. The van der Waals surface area contributed by atoms with Crippen molar-refractivity contribution in [3.8, 4) is 23.3 Å². The van der Waals surface area contributed by atoms with E-state index in [0.717, 1.165) is 12.8 Å². The number of nitrogens with zero attached hydrogens (tertiary/aromatic N) is 5. The number of carbonyl (C=O) groups is 1. The van der Waals surface area contributed by atoms with E-state index in [4.69, 9.17) is 14.2 Å². The van der Waals surface area contributed by atoms with Crippen LogP contribution in [0, 0.1) is 11.3 Å². The number of rotatable bonds is 17. The molecule has 35 heavy (non-hydrogen) atoms. The molecule has 1 atom stereocenters. The van der Waals surface area contributed by atoms with Gasteiger partial charge in [0.05, 0.1) is 33.9 Å². The van der Waals surface area contributed by atoms with Crippen LogP contribution in [0.3, 0.4) is 0 Å². The minimum atomic E-state index is -1.23. The van der Waals surface area contributed by atoms with E-state index in [1.807, 2.05) is 6.07 Å². The predicted molar refractivity (Wildman–Crippen MR) is 133 cm³/mol. The Bertz CT molecular complexity index is 931. The summed E-state index contributed by atoms with van der Waals surface area (Å²) in [5.74, 6) is -0.595. The molecular formula is C25H38N6O4. The van der Waals surface area contributed by atoms with Crippen molar-refractivity contribution in [1.29, 1.82) is 5.26 Å². The summed E-state index contributed by atoms with van der Waals surface area (Å²) in [6.45, 7) is 2.84. The zero-order chi connectivity index (χ0) is 25.5. The largest absolute Gasteiger partial charge is 0.496 e. The molecule has 0 bridgehead atoms. The molecule has 10 nitrogen and oxygen atoms in total. The highest BCUT2D eigenvalue weighted by molar-refractivity contribution is 5.99.